The van der Waals surface area contributed by atoms with Gasteiger partial charge < -0.3 is 15.5 Å². The second-order valence-electron chi connectivity index (χ2n) is 6.00. The maximum atomic E-state index is 12.4. The molecule has 0 aliphatic carbocycles. The average molecular weight is 327 g/mol. The van der Waals surface area contributed by atoms with Crippen LogP contribution < -0.4 is 10.6 Å². The van der Waals surface area contributed by atoms with Gasteiger partial charge in [-0.1, -0.05) is 18.2 Å². The van der Waals surface area contributed by atoms with E-state index in [0.717, 1.165) is 22.6 Å². The van der Waals surface area contributed by atoms with E-state index in [1.165, 1.54) is 0 Å². The molecule has 1 fully saturated rings. The molecule has 1 aliphatic heterocycles. The van der Waals surface area contributed by atoms with Crippen LogP contribution in [-0.4, -0.2) is 46.3 Å². The first-order chi connectivity index (χ1) is 11.5. The molecule has 24 heavy (non-hydrogen) atoms. The minimum absolute atomic E-state index is 0.111. The summed E-state index contributed by atoms with van der Waals surface area (Å²) in [7, 11) is 1.74. The quantitative estimate of drug-likeness (QED) is 0.883. The molecule has 0 unspecified atom stereocenters. The van der Waals surface area contributed by atoms with Gasteiger partial charge in [0.25, 0.3) is 0 Å². The molecule has 1 atom stereocenters. The second kappa shape index (κ2) is 6.35. The van der Waals surface area contributed by atoms with Gasteiger partial charge in [0.15, 0.2) is 0 Å². The molecule has 126 valence electrons. The van der Waals surface area contributed by atoms with Crippen molar-refractivity contribution in [3.63, 3.8) is 0 Å². The molecule has 1 aromatic heterocycles. The van der Waals surface area contributed by atoms with Gasteiger partial charge in [-0.05, 0) is 26.0 Å². The third-order valence-electron chi connectivity index (χ3n) is 4.28. The predicted molar refractivity (Wildman–Crippen MR) is 89.8 cm³/mol. The van der Waals surface area contributed by atoms with Gasteiger partial charge in [0.2, 0.25) is 5.91 Å². The number of para-hydroxylation sites is 1. The zero-order valence-electron chi connectivity index (χ0n) is 14.0. The van der Waals surface area contributed by atoms with Gasteiger partial charge >= 0.3 is 6.03 Å². The third-order valence-corrected chi connectivity index (χ3v) is 4.28. The molecule has 3 rings (SSSR count). The van der Waals surface area contributed by atoms with Crippen LogP contribution in [0.1, 0.15) is 17.0 Å². The van der Waals surface area contributed by atoms with Gasteiger partial charge in [-0.2, -0.15) is 5.10 Å². The van der Waals surface area contributed by atoms with Crippen LogP contribution in [0.4, 0.5) is 4.79 Å². The van der Waals surface area contributed by atoms with Crippen LogP contribution in [0.25, 0.3) is 5.69 Å². The van der Waals surface area contributed by atoms with E-state index in [0.29, 0.717) is 13.1 Å². The van der Waals surface area contributed by atoms with Crippen molar-refractivity contribution in [1.29, 1.82) is 0 Å². The molecule has 3 amide bonds. The second-order valence-corrected chi connectivity index (χ2v) is 6.00. The Kier molecular flexibility index (Phi) is 4.24. The predicted octanol–water partition coefficient (Wildman–Crippen LogP) is 1.13. The van der Waals surface area contributed by atoms with Gasteiger partial charge in [0.1, 0.15) is 6.04 Å². The standard InChI is InChI=1S/C17H21N5O2/c1-11-14(10-21(3)16(23)15-9-18-17(24)19-15)12(2)22(20-11)13-7-5-4-6-8-13/h4-8,15H,9-10H2,1-3H3,(H2,18,19,24)/t15-/m1/s1. The monoisotopic (exact) mass is 327 g/mol. The van der Waals surface area contributed by atoms with E-state index in [2.05, 4.69) is 15.7 Å². The molecule has 1 aliphatic rings. The smallest absolute Gasteiger partial charge is 0.315 e. The Labute approximate surface area is 140 Å². The summed E-state index contributed by atoms with van der Waals surface area (Å²) in [5.41, 5.74) is 3.91. The number of benzene rings is 1. The highest BCUT2D eigenvalue weighted by atomic mass is 16.2. The van der Waals surface area contributed by atoms with Gasteiger partial charge in [-0.3, -0.25) is 4.79 Å². The molecular formula is C17H21N5O2. The lowest BCUT2D eigenvalue weighted by Gasteiger charge is -2.20. The number of amides is 3. The Morgan fingerprint density at radius 3 is 2.67 bits per heavy atom. The zero-order valence-corrected chi connectivity index (χ0v) is 14.0. The van der Waals surface area contributed by atoms with E-state index in [4.69, 9.17) is 0 Å². The number of carbonyl (C=O) groups excluding carboxylic acids is 2. The fraction of sp³-hybridized carbons (Fsp3) is 0.353. The van der Waals surface area contributed by atoms with Crippen LogP contribution in [0.15, 0.2) is 30.3 Å². The van der Waals surface area contributed by atoms with Crippen molar-refractivity contribution in [2.24, 2.45) is 0 Å². The molecule has 1 saturated heterocycles. The van der Waals surface area contributed by atoms with Crippen LogP contribution in [0, 0.1) is 13.8 Å². The number of urea groups is 1. The molecule has 2 heterocycles. The summed E-state index contributed by atoms with van der Waals surface area (Å²) < 4.78 is 1.89. The number of nitrogens with one attached hydrogen (secondary N) is 2. The van der Waals surface area contributed by atoms with Gasteiger partial charge in [-0.25, -0.2) is 9.48 Å². The van der Waals surface area contributed by atoms with Crippen LogP contribution in [-0.2, 0) is 11.3 Å². The Bertz CT molecular complexity index is 769. The Balaban J connectivity index is 1.79. The molecule has 2 aromatic rings. The van der Waals surface area contributed by atoms with Crippen LogP contribution in [0.3, 0.4) is 0 Å². The SMILES string of the molecule is Cc1nn(-c2ccccc2)c(C)c1CN(C)C(=O)[C@H]1CNC(=O)N1. The molecule has 7 nitrogen and oxygen atoms in total. The molecule has 0 radical (unpaired) electrons. The number of carbonyl (C=O) groups is 2. The van der Waals surface area contributed by atoms with Gasteiger partial charge in [0.05, 0.1) is 11.4 Å². The van der Waals surface area contributed by atoms with E-state index in [9.17, 15) is 9.59 Å². The topological polar surface area (TPSA) is 79.3 Å². The lowest BCUT2D eigenvalue weighted by molar-refractivity contribution is -0.131. The largest absolute Gasteiger partial charge is 0.339 e. The number of hydrogen-bond donors (Lipinski definition) is 2. The van der Waals surface area contributed by atoms with Crippen molar-refractivity contribution in [1.82, 2.24) is 25.3 Å². The molecule has 0 bridgehead atoms. The average Bonchev–Trinajstić information content (AvgIpc) is 3.13. The summed E-state index contributed by atoms with van der Waals surface area (Å²) in [6.07, 6.45) is 0. The van der Waals surface area contributed by atoms with Gasteiger partial charge in [0, 0.05) is 31.4 Å². The summed E-state index contributed by atoms with van der Waals surface area (Å²) in [6.45, 7) is 4.72. The maximum Gasteiger partial charge on any atom is 0.315 e. The number of aromatic nitrogens is 2. The first-order valence-corrected chi connectivity index (χ1v) is 7.87. The van der Waals surface area contributed by atoms with Crippen molar-refractivity contribution in [2.75, 3.05) is 13.6 Å². The van der Waals surface area contributed by atoms with Gasteiger partial charge in [-0.15, -0.1) is 0 Å². The fourth-order valence-corrected chi connectivity index (χ4v) is 2.91. The van der Waals surface area contributed by atoms with Crippen LogP contribution in [0.2, 0.25) is 0 Å². The van der Waals surface area contributed by atoms with E-state index >= 15 is 0 Å². The minimum Gasteiger partial charge on any atom is -0.339 e. The molecule has 0 spiro atoms. The van der Waals surface area contributed by atoms with Crippen LogP contribution in [0.5, 0.6) is 0 Å². The van der Waals surface area contributed by atoms with Crippen molar-refractivity contribution >= 4 is 11.9 Å². The first-order valence-electron chi connectivity index (χ1n) is 7.87. The number of aryl methyl sites for hydroxylation is 1. The van der Waals surface area contributed by atoms with Crippen molar-refractivity contribution < 1.29 is 9.59 Å². The van der Waals surface area contributed by atoms with Crippen molar-refractivity contribution in [3.05, 3.63) is 47.3 Å². The van der Waals surface area contributed by atoms with E-state index in [1.54, 1.807) is 11.9 Å². The maximum absolute atomic E-state index is 12.4. The highest BCUT2D eigenvalue weighted by Gasteiger charge is 2.29. The van der Waals surface area contributed by atoms with E-state index < -0.39 is 6.04 Å². The number of nitrogens with zero attached hydrogens (tertiary/aromatic N) is 3. The lowest BCUT2D eigenvalue weighted by atomic mass is 10.1. The first kappa shape index (κ1) is 16.0. The molecule has 0 saturated carbocycles. The molecule has 1 aromatic carbocycles. The zero-order chi connectivity index (χ0) is 17.3. The summed E-state index contributed by atoms with van der Waals surface area (Å²) in [4.78, 5) is 25.3. The normalized spacial score (nSPS) is 16.6. The lowest BCUT2D eigenvalue weighted by Crippen LogP contribution is -2.43. The van der Waals surface area contributed by atoms with Crippen molar-refractivity contribution in [2.45, 2.75) is 26.4 Å². The Hall–Kier alpha value is -2.83. The summed E-state index contributed by atoms with van der Waals surface area (Å²) in [5, 5.41) is 9.82. The summed E-state index contributed by atoms with van der Waals surface area (Å²) in [5.74, 6) is -0.111. The van der Waals surface area contributed by atoms with E-state index in [-0.39, 0.29) is 11.9 Å². The minimum atomic E-state index is -0.507. The highest BCUT2D eigenvalue weighted by Crippen LogP contribution is 2.19. The Morgan fingerprint density at radius 1 is 1.33 bits per heavy atom. The molecular weight excluding hydrogens is 306 g/mol. The van der Waals surface area contributed by atoms with Crippen molar-refractivity contribution in [3.8, 4) is 5.69 Å². The van der Waals surface area contributed by atoms with E-state index in [1.807, 2.05) is 48.9 Å². The van der Waals surface area contributed by atoms with Crippen LogP contribution >= 0.6 is 0 Å². The highest BCUT2D eigenvalue weighted by molar-refractivity contribution is 5.90. The fourth-order valence-electron chi connectivity index (χ4n) is 2.91. The number of rotatable bonds is 4. The molecule has 7 heteroatoms. The number of hydrogen-bond acceptors (Lipinski definition) is 3. The third kappa shape index (κ3) is 2.97. The molecule has 2 N–H and O–H groups in total. The summed E-state index contributed by atoms with van der Waals surface area (Å²) in [6, 6.07) is 9.09. The Morgan fingerprint density at radius 2 is 2.04 bits per heavy atom. The summed E-state index contributed by atoms with van der Waals surface area (Å²) >= 11 is 0. The number of likely N-dealkylation sites (N-methyl/N-ethyl adjacent to an activating group) is 1.